The van der Waals surface area contributed by atoms with E-state index in [1.54, 1.807) is 20.0 Å². The zero-order valence-corrected chi connectivity index (χ0v) is 10.3. The molecule has 0 saturated heterocycles. The van der Waals surface area contributed by atoms with Crippen LogP contribution in [0.1, 0.15) is 35.8 Å². The van der Waals surface area contributed by atoms with Crippen LogP contribution in [0.2, 0.25) is 0 Å². The molecule has 5 nitrogen and oxygen atoms in total. The first kappa shape index (κ1) is 13.2. The fourth-order valence-corrected chi connectivity index (χ4v) is 1.42. The third-order valence-corrected chi connectivity index (χ3v) is 2.26. The van der Waals surface area contributed by atoms with Gasteiger partial charge >= 0.3 is 0 Å². The van der Waals surface area contributed by atoms with E-state index in [1.165, 1.54) is 6.20 Å². The van der Waals surface area contributed by atoms with Gasteiger partial charge in [-0.25, -0.2) is 0 Å². The molecule has 1 aromatic heterocycles. The van der Waals surface area contributed by atoms with Crippen molar-refractivity contribution in [3.05, 3.63) is 23.5 Å². The second-order valence-electron chi connectivity index (χ2n) is 3.75. The largest absolute Gasteiger partial charge is 0.355 e. The molecule has 0 aromatic carbocycles. The summed E-state index contributed by atoms with van der Waals surface area (Å²) in [4.78, 5) is 27.2. The number of aromatic nitrogens is 1. The summed E-state index contributed by atoms with van der Waals surface area (Å²) >= 11 is 0. The first-order valence-corrected chi connectivity index (χ1v) is 5.57. The van der Waals surface area contributed by atoms with E-state index in [1.807, 2.05) is 6.92 Å². The Morgan fingerprint density at radius 1 is 1.41 bits per heavy atom. The number of nitrogens with one attached hydrogen (secondary N) is 2. The summed E-state index contributed by atoms with van der Waals surface area (Å²) in [6, 6.07) is 1.65. The van der Waals surface area contributed by atoms with Gasteiger partial charge in [-0.2, -0.15) is 0 Å². The Morgan fingerprint density at radius 3 is 2.71 bits per heavy atom. The maximum atomic E-state index is 11.6. The molecule has 0 saturated carbocycles. The van der Waals surface area contributed by atoms with Gasteiger partial charge in [-0.1, -0.05) is 6.92 Å². The monoisotopic (exact) mass is 235 g/mol. The Bertz CT molecular complexity index is 430. The highest BCUT2D eigenvalue weighted by Crippen LogP contribution is 2.15. The number of anilines is 1. The molecule has 0 aliphatic rings. The van der Waals surface area contributed by atoms with E-state index in [4.69, 9.17) is 0 Å². The second kappa shape index (κ2) is 5.98. The van der Waals surface area contributed by atoms with Gasteiger partial charge in [0.1, 0.15) is 0 Å². The van der Waals surface area contributed by atoms with E-state index in [0.29, 0.717) is 17.7 Å². The van der Waals surface area contributed by atoms with Crippen LogP contribution in [0.15, 0.2) is 12.3 Å². The number of rotatable bonds is 4. The quantitative estimate of drug-likeness (QED) is 0.830. The normalized spacial score (nSPS) is 9.82. The molecular weight excluding hydrogens is 218 g/mol. The van der Waals surface area contributed by atoms with Crippen molar-refractivity contribution in [1.82, 2.24) is 10.3 Å². The highest BCUT2D eigenvalue weighted by Gasteiger charge is 2.12. The fourth-order valence-electron chi connectivity index (χ4n) is 1.42. The third kappa shape index (κ3) is 3.55. The van der Waals surface area contributed by atoms with Crippen LogP contribution < -0.4 is 10.6 Å². The summed E-state index contributed by atoms with van der Waals surface area (Å²) < 4.78 is 0. The lowest BCUT2D eigenvalue weighted by Gasteiger charge is -2.10. The summed E-state index contributed by atoms with van der Waals surface area (Å²) in [5.41, 5.74) is 1.62. The van der Waals surface area contributed by atoms with Gasteiger partial charge in [0.25, 0.3) is 5.91 Å². The zero-order valence-electron chi connectivity index (χ0n) is 10.3. The molecule has 0 fully saturated rings. The SMILES string of the molecule is CCCC(=O)Nc1cnc(C)cc1C(=O)NC. The molecule has 92 valence electrons. The van der Waals surface area contributed by atoms with Gasteiger partial charge in [-0.3, -0.25) is 14.6 Å². The van der Waals surface area contributed by atoms with Crippen molar-refractivity contribution in [2.45, 2.75) is 26.7 Å². The highest BCUT2D eigenvalue weighted by molar-refractivity contribution is 6.03. The van der Waals surface area contributed by atoms with E-state index in [2.05, 4.69) is 15.6 Å². The standard InChI is InChI=1S/C12H17N3O2/c1-4-5-11(16)15-10-7-14-8(2)6-9(10)12(17)13-3/h6-7H,4-5H2,1-3H3,(H,13,17)(H,15,16). The maximum absolute atomic E-state index is 11.6. The van der Waals surface area contributed by atoms with Gasteiger partial charge in [-0.05, 0) is 19.4 Å². The van der Waals surface area contributed by atoms with Crippen molar-refractivity contribution in [2.75, 3.05) is 12.4 Å². The van der Waals surface area contributed by atoms with Crippen LogP contribution in [0.4, 0.5) is 5.69 Å². The predicted molar refractivity (Wildman–Crippen MR) is 65.9 cm³/mol. The molecule has 5 heteroatoms. The first-order chi connectivity index (χ1) is 8.08. The molecule has 2 N–H and O–H groups in total. The molecule has 0 bridgehead atoms. The van der Waals surface area contributed by atoms with Gasteiger partial charge in [0.05, 0.1) is 17.4 Å². The number of hydrogen-bond donors (Lipinski definition) is 2. The van der Waals surface area contributed by atoms with Crippen molar-refractivity contribution < 1.29 is 9.59 Å². The predicted octanol–water partition coefficient (Wildman–Crippen LogP) is 1.49. The lowest BCUT2D eigenvalue weighted by Crippen LogP contribution is -2.21. The van der Waals surface area contributed by atoms with Gasteiger partial charge < -0.3 is 10.6 Å². The Kier molecular flexibility index (Phi) is 4.63. The van der Waals surface area contributed by atoms with Crippen LogP contribution in [0.25, 0.3) is 0 Å². The van der Waals surface area contributed by atoms with Crippen LogP contribution >= 0.6 is 0 Å². The zero-order chi connectivity index (χ0) is 12.8. The Morgan fingerprint density at radius 2 is 2.12 bits per heavy atom. The third-order valence-electron chi connectivity index (χ3n) is 2.26. The molecule has 0 spiro atoms. The summed E-state index contributed by atoms with van der Waals surface area (Å²) in [6.45, 7) is 3.72. The molecule has 0 radical (unpaired) electrons. The number of nitrogens with zero attached hydrogens (tertiary/aromatic N) is 1. The molecule has 17 heavy (non-hydrogen) atoms. The van der Waals surface area contributed by atoms with E-state index >= 15 is 0 Å². The molecular formula is C12H17N3O2. The molecule has 0 atom stereocenters. The fraction of sp³-hybridized carbons (Fsp3) is 0.417. The number of pyridine rings is 1. The lowest BCUT2D eigenvalue weighted by molar-refractivity contribution is -0.116. The molecule has 0 aliphatic carbocycles. The Labute approximate surface area is 101 Å². The van der Waals surface area contributed by atoms with E-state index in [-0.39, 0.29) is 11.8 Å². The molecule has 1 heterocycles. The minimum atomic E-state index is -0.234. The van der Waals surface area contributed by atoms with Crippen molar-refractivity contribution in [3.63, 3.8) is 0 Å². The van der Waals surface area contributed by atoms with Crippen molar-refractivity contribution >= 4 is 17.5 Å². The average Bonchev–Trinajstić information content (AvgIpc) is 2.30. The second-order valence-corrected chi connectivity index (χ2v) is 3.75. The van der Waals surface area contributed by atoms with Gasteiger partial charge in [0, 0.05) is 19.2 Å². The molecule has 1 aromatic rings. The number of amides is 2. The molecule has 0 unspecified atom stereocenters. The van der Waals surface area contributed by atoms with Crippen molar-refractivity contribution in [2.24, 2.45) is 0 Å². The van der Waals surface area contributed by atoms with Gasteiger partial charge in [-0.15, -0.1) is 0 Å². The van der Waals surface area contributed by atoms with Crippen molar-refractivity contribution in [1.29, 1.82) is 0 Å². The van der Waals surface area contributed by atoms with Gasteiger partial charge in [0.15, 0.2) is 0 Å². The summed E-state index contributed by atoms with van der Waals surface area (Å²) in [5.74, 6) is -0.342. The topological polar surface area (TPSA) is 71.1 Å². The number of carbonyl (C=O) groups excluding carboxylic acids is 2. The van der Waals surface area contributed by atoms with Crippen molar-refractivity contribution in [3.8, 4) is 0 Å². The van der Waals surface area contributed by atoms with E-state index in [9.17, 15) is 9.59 Å². The van der Waals surface area contributed by atoms with Crippen LogP contribution in [0.5, 0.6) is 0 Å². The van der Waals surface area contributed by atoms with Crippen LogP contribution in [-0.4, -0.2) is 23.8 Å². The Hall–Kier alpha value is -1.91. The summed E-state index contributed by atoms with van der Waals surface area (Å²) in [7, 11) is 1.55. The number of aryl methyl sites for hydroxylation is 1. The van der Waals surface area contributed by atoms with E-state index < -0.39 is 0 Å². The van der Waals surface area contributed by atoms with Gasteiger partial charge in [0.2, 0.25) is 5.91 Å². The average molecular weight is 235 g/mol. The van der Waals surface area contributed by atoms with Crippen LogP contribution in [-0.2, 0) is 4.79 Å². The number of hydrogen-bond acceptors (Lipinski definition) is 3. The van der Waals surface area contributed by atoms with Crippen LogP contribution in [0.3, 0.4) is 0 Å². The number of carbonyl (C=O) groups is 2. The molecule has 2 amide bonds. The maximum Gasteiger partial charge on any atom is 0.253 e. The van der Waals surface area contributed by atoms with E-state index in [0.717, 1.165) is 12.1 Å². The molecule has 0 aliphatic heterocycles. The van der Waals surface area contributed by atoms with Crippen LogP contribution in [0, 0.1) is 6.92 Å². The summed E-state index contributed by atoms with van der Waals surface area (Å²) in [6.07, 6.45) is 2.70. The first-order valence-electron chi connectivity index (χ1n) is 5.57. The smallest absolute Gasteiger partial charge is 0.253 e. The highest BCUT2D eigenvalue weighted by atomic mass is 16.2. The Balaban J connectivity index is 2.98. The minimum Gasteiger partial charge on any atom is -0.355 e. The lowest BCUT2D eigenvalue weighted by atomic mass is 10.1. The molecule has 1 rings (SSSR count). The summed E-state index contributed by atoms with van der Waals surface area (Å²) in [5, 5.41) is 5.23. The minimum absolute atomic E-state index is 0.108.